The summed E-state index contributed by atoms with van der Waals surface area (Å²) in [7, 11) is 0. The summed E-state index contributed by atoms with van der Waals surface area (Å²) in [5.41, 5.74) is -0.139. The van der Waals surface area contributed by atoms with Crippen molar-refractivity contribution in [1.29, 1.82) is 0 Å². The van der Waals surface area contributed by atoms with Gasteiger partial charge in [-0.05, 0) is 32.1 Å². The fourth-order valence-electron chi connectivity index (χ4n) is 2.57. The van der Waals surface area contributed by atoms with Crippen molar-refractivity contribution in [3.8, 4) is 0 Å². The van der Waals surface area contributed by atoms with E-state index in [-0.39, 0.29) is 23.1 Å². The van der Waals surface area contributed by atoms with Crippen LogP contribution in [0.15, 0.2) is 12.2 Å². The molecule has 0 aromatic heterocycles. The van der Waals surface area contributed by atoms with Crippen LogP contribution in [0.5, 0.6) is 0 Å². The summed E-state index contributed by atoms with van der Waals surface area (Å²) in [6.07, 6.45) is 8.31. The molecule has 0 aromatic carbocycles. The first-order valence-electron chi connectivity index (χ1n) is 7.35. The third kappa shape index (κ3) is 3.26. The first kappa shape index (κ1) is 14.8. The van der Waals surface area contributed by atoms with E-state index >= 15 is 0 Å². The molecule has 3 amide bonds. The zero-order valence-electron chi connectivity index (χ0n) is 12.0. The number of hydrogen-bond donors (Lipinski definition) is 1. The Morgan fingerprint density at radius 2 is 1.85 bits per heavy atom. The van der Waals surface area contributed by atoms with E-state index in [0.717, 1.165) is 38.5 Å². The van der Waals surface area contributed by atoms with Crippen LogP contribution in [0.25, 0.3) is 0 Å². The number of rotatable bonds is 7. The van der Waals surface area contributed by atoms with Crippen molar-refractivity contribution in [2.24, 2.45) is 5.41 Å². The van der Waals surface area contributed by atoms with Crippen LogP contribution in [0.1, 0.15) is 45.4 Å². The standard InChI is InChI=1S/C15H22N2O3/c1-15(8-5-9-15)14(20)16-10-3-2-4-11-17-12(18)6-7-13(17)19/h6-7H,2-5,8-11H2,1H3,(H,16,20). The topological polar surface area (TPSA) is 66.5 Å². The number of hydrogen-bond acceptors (Lipinski definition) is 3. The monoisotopic (exact) mass is 278 g/mol. The van der Waals surface area contributed by atoms with Crippen LogP contribution in [0.4, 0.5) is 0 Å². The quantitative estimate of drug-likeness (QED) is 0.565. The van der Waals surface area contributed by atoms with Crippen LogP contribution in [-0.2, 0) is 14.4 Å². The molecule has 1 N–H and O–H groups in total. The van der Waals surface area contributed by atoms with Gasteiger partial charge < -0.3 is 5.32 Å². The van der Waals surface area contributed by atoms with E-state index in [0.29, 0.717) is 13.1 Å². The number of amides is 3. The van der Waals surface area contributed by atoms with Gasteiger partial charge in [0.05, 0.1) is 0 Å². The third-order valence-electron chi connectivity index (χ3n) is 4.25. The second kappa shape index (κ2) is 6.20. The molecule has 1 heterocycles. The van der Waals surface area contributed by atoms with Crippen LogP contribution >= 0.6 is 0 Å². The van der Waals surface area contributed by atoms with Gasteiger partial charge in [-0.25, -0.2) is 0 Å². The molecule has 0 atom stereocenters. The zero-order valence-corrected chi connectivity index (χ0v) is 12.0. The van der Waals surface area contributed by atoms with Crippen LogP contribution in [0.2, 0.25) is 0 Å². The summed E-state index contributed by atoms with van der Waals surface area (Å²) >= 11 is 0. The van der Waals surface area contributed by atoms with Gasteiger partial charge in [-0.1, -0.05) is 13.3 Å². The molecule has 0 bridgehead atoms. The van der Waals surface area contributed by atoms with E-state index in [1.54, 1.807) is 0 Å². The van der Waals surface area contributed by atoms with Crippen molar-refractivity contribution in [2.75, 3.05) is 13.1 Å². The molecule has 0 aromatic rings. The molecule has 20 heavy (non-hydrogen) atoms. The van der Waals surface area contributed by atoms with E-state index in [1.807, 2.05) is 6.92 Å². The molecule has 1 aliphatic heterocycles. The Hall–Kier alpha value is -1.65. The Labute approximate surface area is 119 Å². The lowest BCUT2D eigenvalue weighted by molar-refractivity contribution is -0.137. The Morgan fingerprint density at radius 1 is 1.20 bits per heavy atom. The maximum atomic E-state index is 11.9. The van der Waals surface area contributed by atoms with E-state index in [2.05, 4.69) is 5.32 Å². The normalized spacial score (nSPS) is 20.1. The lowest BCUT2D eigenvalue weighted by atomic mass is 9.70. The smallest absolute Gasteiger partial charge is 0.253 e. The fourth-order valence-corrected chi connectivity index (χ4v) is 2.57. The second-order valence-corrected chi connectivity index (χ2v) is 5.89. The molecule has 5 heteroatoms. The number of imide groups is 1. The van der Waals surface area contributed by atoms with Crippen LogP contribution in [0.3, 0.4) is 0 Å². The fraction of sp³-hybridized carbons (Fsp3) is 0.667. The molecule has 1 saturated carbocycles. The predicted octanol–water partition coefficient (Wildman–Crippen LogP) is 1.39. The number of unbranched alkanes of at least 4 members (excludes halogenated alkanes) is 2. The van der Waals surface area contributed by atoms with Crippen molar-refractivity contribution in [2.45, 2.75) is 45.4 Å². The van der Waals surface area contributed by atoms with Gasteiger partial charge >= 0.3 is 0 Å². The van der Waals surface area contributed by atoms with Gasteiger partial charge in [0.25, 0.3) is 11.8 Å². The van der Waals surface area contributed by atoms with Crippen LogP contribution in [-0.4, -0.2) is 35.7 Å². The molecule has 0 spiro atoms. The summed E-state index contributed by atoms with van der Waals surface area (Å²) in [5.74, 6) is -0.278. The van der Waals surface area contributed by atoms with E-state index in [1.165, 1.54) is 17.1 Å². The largest absolute Gasteiger partial charge is 0.356 e. The molecule has 2 rings (SSSR count). The van der Waals surface area contributed by atoms with Crippen LogP contribution in [0, 0.1) is 5.41 Å². The highest BCUT2D eigenvalue weighted by Crippen LogP contribution is 2.40. The predicted molar refractivity (Wildman–Crippen MR) is 74.7 cm³/mol. The highest BCUT2D eigenvalue weighted by molar-refractivity contribution is 6.12. The van der Waals surface area contributed by atoms with Gasteiger partial charge in [0, 0.05) is 30.7 Å². The molecule has 0 saturated heterocycles. The zero-order chi connectivity index (χ0) is 14.6. The lowest BCUT2D eigenvalue weighted by Gasteiger charge is -2.36. The van der Waals surface area contributed by atoms with E-state index in [4.69, 9.17) is 0 Å². The average Bonchev–Trinajstić information content (AvgIpc) is 2.70. The Bertz CT molecular complexity index is 420. The number of carbonyl (C=O) groups excluding carboxylic acids is 3. The molecule has 0 radical (unpaired) electrons. The molecule has 0 unspecified atom stereocenters. The van der Waals surface area contributed by atoms with Crippen molar-refractivity contribution in [1.82, 2.24) is 10.2 Å². The Balaban J connectivity index is 1.53. The van der Waals surface area contributed by atoms with Gasteiger partial charge in [-0.15, -0.1) is 0 Å². The van der Waals surface area contributed by atoms with E-state index < -0.39 is 0 Å². The molecule has 5 nitrogen and oxygen atoms in total. The van der Waals surface area contributed by atoms with Crippen molar-refractivity contribution in [3.05, 3.63) is 12.2 Å². The lowest BCUT2D eigenvalue weighted by Crippen LogP contribution is -2.43. The second-order valence-electron chi connectivity index (χ2n) is 5.89. The molecular weight excluding hydrogens is 256 g/mol. The first-order valence-corrected chi connectivity index (χ1v) is 7.35. The van der Waals surface area contributed by atoms with Gasteiger partial charge in [-0.3, -0.25) is 19.3 Å². The minimum Gasteiger partial charge on any atom is -0.356 e. The number of carbonyl (C=O) groups is 3. The molecule has 1 aliphatic carbocycles. The Morgan fingerprint density at radius 3 is 2.40 bits per heavy atom. The minimum absolute atomic E-state index is 0.139. The molecular formula is C15H22N2O3. The van der Waals surface area contributed by atoms with Gasteiger partial charge in [0.1, 0.15) is 0 Å². The maximum absolute atomic E-state index is 11.9. The summed E-state index contributed by atoms with van der Waals surface area (Å²) in [4.78, 5) is 35.7. The van der Waals surface area contributed by atoms with Crippen molar-refractivity contribution in [3.63, 3.8) is 0 Å². The molecule has 110 valence electrons. The summed E-state index contributed by atoms with van der Waals surface area (Å²) in [5, 5.41) is 2.97. The SMILES string of the molecule is CC1(C(=O)NCCCCCN2C(=O)C=CC2=O)CCC1. The highest BCUT2D eigenvalue weighted by Gasteiger charge is 2.38. The number of nitrogens with zero attached hydrogens (tertiary/aromatic N) is 1. The van der Waals surface area contributed by atoms with Gasteiger partial charge in [0.2, 0.25) is 5.91 Å². The van der Waals surface area contributed by atoms with Crippen molar-refractivity contribution < 1.29 is 14.4 Å². The summed E-state index contributed by atoms with van der Waals surface area (Å²) in [6, 6.07) is 0. The maximum Gasteiger partial charge on any atom is 0.253 e. The minimum atomic E-state index is -0.221. The molecule has 1 fully saturated rings. The first-order chi connectivity index (χ1) is 9.53. The molecule has 2 aliphatic rings. The summed E-state index contributed by atoms with van der Waals surface area (Å²) < 4.78 is 0. The van der Waals surface area contributed by atoms with Gasteiger partial charge in [0.15, 0.2) is 0 Å². The van der Waals surface area contributed by atoms with E-state index in [9.17, 15) is 14.4 Å². The Kier molecular flexibility index (Phi) is 4.57. The van der Waals surface area contributed by atoms with Crippen LogP contribution < -0.4 is 5.32 Å². The third-order valence-corrected chi connectivity index (χ3v) is 4.25. The number of nitrogens with one attached hydrogen (secondary N) is 1. The summed E-state index contributed by atoms with van der Waals surface area (Å²) in [6.45, 7) is 3.16. The van der Waals surface area contributed by atoms with Gasteiger partial charge in [-0.2, -0.15) is 0 Å². The average molecular weight is 278 g/mol. The highest BCUT2D eigenvalue weighted by atomic mass is 16.2. The van der Waals surface area contributed by atoms with Crippen molar-refractivity contribution >= 4 is 17.7 Å².